The van der Waals surface area contributed by atoms with Crippen molar-refractivity contribution in [3.8, 4) is 0 Å². The molecule has 0 radical (unpaired) electrons. The van der Waals surface area contributed by atoms with Crippen LogP contribution in [0, 0.1) is 0 Å². The molecule has 2 amide bonds. The van der Waals surface area contributed by atoms with Gasteiger partial charge in [-0.25, -0.2) is 18.0 Å². The van der Waals surface area contributed by atoms with E-state index in [9.17, 15) is 23.1 Å². The quantitative estimate of drug-likeness (QED) is 0.641. The molecule has 3 N–H and O–H groups in total. The van der Waals surface area contributed by atoms with Gasteiger partial charge in [0.2, 0.25) is 0 Å². The number of nitrogens with one attached hydrogen (secondary N) is 2. The van der Waals surface area contributed by atoms with E-state index in [1.54, 1.807) is 0 Å². The molecule has 1 heterocycles. The van der Waals surface area contributed by atoms with Gasteiger partial charge in [0.05, 0.1) is 4.75 Å². The summed E-state index contributed by atoms with van der Waals surface area (Å²) in [6.07, 6.45) is 1.43. The van der Waals surface area contributed by atoms with Crippen molar-refractivity contribution in [3.63, 3.8) is 0 Å². The molecule has 0 saturated carbocycles. The zero-order chi connectivity index (χ0) is 16.3. The van der Waals surface area contributed by atoms with Gasteiger partial charge in [-0.3, -0.25) is 0 Å². The first-order chi connectivity index (χ1) is 9.50. The second kappa shape index (κ2) is 6.18. The summed E-state index contributed by atoms with van der Waals surface area (Å²) in [6, 6.07) is -0.698. The normalized spacial score (nSPS) is 18.8. The molecule has 0 aliphatic carbocycles. The smallest absolute Gasteiger partial charge is 0.329 e. The largest absolute Gasteiger partial charge is 0.480 e. The second-order valence-corrected chi connectivity index (χ2v) is 8.49. The maximum atomic E-state index is 11.9. The molecular weight excluding hydrogens is 300 g/mol. The lowest BCUT2D eigenvalue weighted by Gasteiger charge is -2.34. The standard InChI is InChI=1S/C12H22N2O6S/c1-11(2,21(3,18)19)8-13-10(17)14-12(9(15)16)4-6-20-7-5-12/h4-8H2,1-3H3,(H,15,16)(H2,13,14,17). The molecule has 0 aromatic heterocycles. The van der Waals surface area contributed by atoms with E-state index >= 15 is 0 Å². The number of amides is 2. The van der Waals surface area contributed by atoms with Crippen LogP contribution in [-0.4, -0.2) is 61.8 Å². The third-order valence-electron chi connectivity index (χ3n) is 3.79. The summed E-state index contributed by atoms with van der Waals surface area (Å²) in [5.74, 6) is -1.12. The van der Waals surface area contributed by atoms with Crippen molar-refractivity contribution < 1.29 is 27.9 Å². The van der Waals surface area contributed by atoms with Crippen molar-refractivity contribution in [1.29, 1.82) is 0 Å². The molecule has 122 valence electrons. The monoisotopic (exact) mass is 322 g/mol. The van der Waals surface area contributed by atoms with Crippen LogP contribution < -0.4 is 10.6 Å². The number of ether oxygens (including phenoxy) is 1. The van der Waals surface area contributed by atoms with E-state index in [-0.39, 0.29) is 32.6 Å². The summed E-state index contributed by atoms with van der Waals surface area (Å²) in [5, 5.41) is 14.2. The van der Waals surface area contributed by atoms with E-state index in [4.69, 9.17) is 4.74 Å². The van der Waals surface area contributed by atoms with Gasteiger partial charge in [-0.05, 0) is 13.8 Å². The molecule has 1 aliphatic rings. The van der Waals surface area contributed by atoms with Crippen molar-refractivity contribution in [3.05, 3.63) is 0 Å². The van der Waals surface area contributed by atoms with E-state index < -0.39 is 32.1 Å². The molecule has 0 atom stereocenters. The van der Waals surface area contributed by atoms with Crippen LogP contribution in [0.4, 0.5) is 4.79 Å². The first-order valence-corrected chi connectivity index (χ1v) is 8.46. The number of carbonyl (C=O) groups excluding carboxylic acids is 1. The van der Waals surface area contributed by atoms with Crippen molar-refractivity contribution in [2.24, 2.45) is 0 Å². The Labute approximate surface area is 124 Å². The van der Waals surface area contributed by atoms with Gasteiger partial charge in [-0.15, -0.1) is 0 Å². The molecule has 0 aromatic carbocycles. The Bertz CT molecular complexity index is 508. The van der Waals surface area contributed by atoms with E-state index in [1.807, 2.05) is 0 Å². The fourth-order valence-electron chi connectivity index (χ4n) is 1.80. The lowest BCUT2D eigenvalue weighted by Crippen LogP contribution is -2.60. The Morgan fingerprint density at radius 3 is 2.24 bits per heavy atom. The lowest BCUT2D eigenvalue weighted by atomic mass is 9.90. The number of sulfone groups is 1. The fraction of sp³-hybridized carbons (Fsp3) is 0.833. The highest BCUT2D eigenvalue weighted by molar-refractivity contribution is 7.92. The van der Waals surface area contributed by atoms with Gasteiger partial charge in [0.25, 0.3) is 0 Å². The Morgan fingerprint density at radius 1 is 1.29 bits per heavy atom. The molecule has 21 heavy (non-hydrogen) atoms. The third-order valence-corrected chi connectivity index (χ3v) is 5.94. The van der Waals surface area contributed by atoms with Gasteiger partial charge in [0.1, 0.15) is 5.54 Å². The van der Waals surface area contributed by atoms with E-state index in [0.29, 0.717) is 0 Å². The van der Waals surface area contributed by atoms with Crippen LogP contribution in [0.5, 0.6) is 0 Å². The van der Waals surface area contributed by atoms with Crippen LogP contribution >= 0.6 is 0 Å². The van der Waals surface area contributed by atoms with Crippen molar-refractivity contribution in [1.82, 2.24) is 10.6 Å². The fourth-order valence-corrected chi connectivity index (χ4v) is 2.13. The average molecular weight is 322 g/mol. The van der Waals surface area contributed by atoms with Gasteiger partial charge in [-0.2, -0.15) is 0 Å². The molecule has 0 bridgehead atoms. The lowest BCUT2D eigenvalue weighted by molar-refractivity contribution is -0.148. The van der Waals surface area contributed by atoms with E-state index in [0.717, 1.165) is 6.26 Å². The molecule has 8 nitrogen and oxygen atoms in total. The highest BCUT2D eigenvalue weighted by Crippen LogP contribution is 2.21. The topological polar surface area (TPSA) is 122 Å². The number of urea groups is 1. The van der Waals surface area contributed by atoms with Gasteiger partial charge in [0.15, 0.2) is 9.84 Å². The van der Waals surface area contributed by atoms with Crippen molar-refractivity contribution >= 4 is 21.8 Å². The van der Waals surface area contributed by atoms with Crippen molar-refractivity contribution in [2.75, 3.05) is 26.0 Å². The van der Waals surface area contributed by atoms with Gasteiger partial charge >= 0.3 is 12.0 Å². The number of hydrogen-bond acceptors (Lipinski definition) is 5. The second-order valence-electron chi connectivity index (χ2n) is 5.84. The Morgan fingerprint density at radius 2 is 1.81 bits per heavy atom. The van der Waals surface area contributed by atoms with Gasteiger partial charge in [-0.1, -0.05) is 0 Å². The first kappa shape index (κ1) is 17.7. The van der Waals surface area contributed by atoms with Crippen LogP contribution in [0.15, 0.2) is 0 Å². The minimum atomic E-state index is -3.34. The highest BCUT2D eigenvalue weighted by atomic mass is 32.2. The zero-order valence-electron chi connectivity index (χ0n) is 12.4. The minimum Gasteiger partial charge on any atom is -0.480 e. The molecule has 0 spiro atoms. The maximum absolute atomic E-state index is 11.9. The Kier molecular flexibility index (Phi) is 5.21. The molecule has 1 aliphatic heterocycles. The van der Waals surface area contributed by atoms with Crippen LogP contribution in [-0.2, 0) is 19.4 Å². The number of aliphatic carboxylic acids is 1. The Hall–Kier alpha value is -1.35. The predicted molar refractivity (Wildman–Crippen MR) is 75.9 cm³/mol. The highest BCUT2D eigenvalue weighted by Gasteiger charge is 2.42. The zero-order valence-corrected chi connectivity index (χ0v) is 13.2. The number of rotatable bonds is 5. The summed E-state index contributed by atoms with van der Waals surface area (Å²) in [5.41, 5.74) is -1.36. The molecule has 0 aromatic rings. The number of carboxylic acid groups (broad SMARTS) is 1. The molecular formula is C12H22N2O6S. The van der Waals surface area contributed by atoms with Crippen molar-refractivity contribution in [2.45, 2.75) is 37.0 Å². The predicted octanol–water partition coefficient (Wildman–Crippen LogP) is -0.257. The average Bonchev–Trinajstić information content (AvgIpc) is 2.36. The van der Waals surface area contributed by atoms with Gasteiger partial charge in [0, 0.05) is 38.9 Å². The van der Waals surface area contributed by atoms with Crippen LogP contribution in [0.3, 0.4) is 0 Å². The summed E-state index contributed by atoms with van der Waals surface area (Å²) < 4.78 is 27.1. The summed E-state index contributed by atoms with van der Waals surface area (Å²) in [4.78, 5) is 23.3. The number of hydrogen-bond donors (Lipinski definition) is 3. The van der Waals surface area contributed by atoms with Crippen LogP contribution in [0.1, 0.15) is 26.7 Å². The number of carbonyl (C=O) groups is 2. The molecule has 1 fully saturated rings. The maximum Gasteiger partial charge on any atom is 0.329 e. The van der Waals surface area contributed by atoms with Crippen LogP contribution in [0.2, 0.25) is 0 Å². The molecule has 9 heteroatoms. The van der Waals surface area contributed by atoms with E-state index in [2.05, 4.69) is 10.6 Å². The summed E-state index contributed by atoms with van der Waals surface area (Å²) in [6.45, 7) is 3.38. The van der Waals surface area contributed by atoms with Crippen LogP contribution in [0.25, 0.3) is 0 Å². The minimum absolute atomic E-state index is 0.107. The SMILES string of the molecule is CC(C)(CNC(=O)NC1(C(=O)O)CCOCC1)S(C)(=O)=O. The first-order valence-electron chi connectivity index (χ1n) is 6.57. The molecule has 1 saturated heterocycles. The summed E-state index contributed by atoms with van der Waals surface area (Å²) in [7, 11) is -3.34. The number of carboxylic acids is 1. The molecule has 0 unspecified atom stereocenters. The summed E-state index contributed by atoms with van der Waals surface area (Å²) >= 11 is 0. The molecule has 1 rings (SSSR count). The van der Waals surface area contributed by atoms with E-state index in [1.165, 1.54) is 13.8 Å². The Balaban J connectivity index is 2.66. The van der Waals surface area contributed by atoms with Gasteiger partial charge < -0.3 is 20.5 Å². The third kappa shape index (κ3) is 4.31.